The maximum Gasteiger partial charge on any atom is 0.348 e. The first kappa shape index (κ1) is 19.7. The number of ether oxygens (including phenoxy) is 2. The van der Waals surface area contributed by atoms with Crippen molar-refractivity contribution in [1.82, 2.24) is 0 Å². The first-order valence-electron chi connectivity index (χ1n) is 7.59. The number of rotatable bonds is 5. The Hall–Kier alpha value is -2.58. The number of thiophene rings is 1. The summed E-state index contributed by atoms with van der Waals surface area (Å²) in [5.41, 5.74) is 0.992. The summed E-state index contributed by atoms with van der Waals surface area (Å²) in [4.78, 5) is 36.6. The zero-order valence-electron chi connectivity index (χ0n) is 14.3. The average molecular weight is 397 g/mol. The number of carbonyl (C=O) groups excluding carboxylic acids is 3. The van der Waals surface area contributed by atoms with Crippen molar-refractivity contribution in [3.63, 3.8) is 0 Å². The van der Waals surface area contributed by atoms with Crippen LogP contribution in [-0.4, -0.2) is 31.7 Å². The lowest BCUT2D eigenvalue weighted by molar-refractivity contribution is 0.0527. The van der Waals surface area contributed by atoms with E-state index < -0.39 is 18.0 Å². The quantitative estimate of drug-likeness (QED) is 0.734. The van der Waals surface area contributed by atoms with Crippen LogP contribution in [0.5, 0.6) is 0 Å². The minimum Gasteiger partial charge on any atom is -0.465 e. The van der Waals surface area contributed by atoms with E-state index in [1.54, 1.807) is 38.1 Å². The van der Waals surface area contributed by atoms with Gasteiger partial charge in [0.25, 0.3) is 0 Å². The van der Waals surface area contributed by atoms with Crippen LogP contribution < -0.4 is 10.6 Å². The molecule has 0 fully saturated rings. The summed E-state index contributed by atoms with van der Waals surface area (Å²) >= 11 is 6.82. The number of hydrogen-bond acceptors (Lipinski definition) is 6. The molecule has 2 N–H and O–H groups in total. The highest BCUT2D eigenvalue weighted by molar-refractivity contribution is 7.18. The molecule has 0 bridgehead atoms. The van der Waals surface area contributed by atoms with Gasteiger partial charge in [-0.15, -0.1) is 11.3 Å². The van der Waals surface area contributed by atoms with Gasteiger partial charge in [-0.3, -0.25) is 5.32 Å². The number of carbonyl (C=O) groups is 3. The number of amides is 2. The summed E-state index contributed by atoms with van der Waals surface area (Å²) < 4.78 is 9.73. The molecule has 1 aromatic heterocycles. The second-order valence-corrected chi connectivity index (χ2v) is 6.52. The van der Waals surface area contributed by atoms with Gasteiger partial charge in [-0.05, 0) is 37.6 Å². The normalized spacial score (nSPS) is 10.2. The summed E-state index contributed by atoms with van der Waals surface area (Å²) in [5, 5.41) is 5.84. The Morgan fingerprint density at radius 2 is 1.92 bits per heavy atom. The van der Waals surface area contributed by atoms with E-state index in [0.717, 1.165) is 11.3 Å². The predicted octanol–water partition coefficient (Wildman–Crippen LogP) is 4.32. The first-order chi connectivity index (χ1) is 12.4. The van der Waals surface area contributed by atoms with Gasteiger partial charge in [-0.2, -0.15) is 0 Å². The van der Waals surface area contributed by atoms with Crippen LogP contribution in [0.1, 0.15) is 32.5 Å². The maximum atomic E-state index is 12.3. The van der Waals surface area contributed by atoms with Crippen molar-refractivity contribution in [2.45, 2.75) is 13.8 Å². The van der Waals surface area contributed by atoms with E-state index in [9.17, 15) is 14.4 Å². The van der Waals surface area contributed by atoms with Crippen LogP contribution in [-0.2, 0) is 9.47 Å². The van der Waals surface area contributed by atoms with Crippen molar-refractivity contribution >= 4 is 51.6 Å². The third kappa shape index (κ3) is 4.53. The Bertz CT molecular complexity index is 850. The highest BCUT2D eigenvalue weighted by atomic mass is 35.5. The van der Waals surface area contributed by atoms with Crippen molar-refractivity contribution in [2.75, 3.05) is 24.4 Å². The van der Waals surface area contributed by atoms with Crippen LogP contribution in [0, 0.1) is 6.92 Å². The van der Waals surface area contributed by atoms with E-state index in [2.05, 4.69) is 10.6 Å². The SMILES string of the molecule is CCOC(=O)c1c(NC(=O)Nc2cccc(Cl)c2)sc(C(=O)OC)c1C. The van der Waals surface area contributed by atoms with Gasteiger partial charge in [0.2, 0.25) is 0 Å². The Morgan fingerprint density at radius 1 is 1.19 bits per heavy atom. The van der Waals surface area contributed by atoms with E-state index in [0.29, 0.717) is 16.3 Å². The van der Waals surface area contributed by atoms with Gasteiger partial charge in [0.1, 0.15) is 9.88 Å². The summed E-state index contributed by atoms with van der Waals surface area (Å²) in [7, 11) is 1.24. The fourth-order valence-electron chi connectivity index (χ4n) is 2.17. The molecule has 0 aliphatic heterocycles. The van der Waals surface area contributed by atoms with E-state index >= 15 is 0 Å². The van der Waals surface area contributed by atoms with Gasteiger partial charge in [0, 0.05) is 10.7 Å². The molecule has 138 valence electrons. The Kier molecular flexibility index (Phi) is 6.59. The highest BCUT2D eigenvalue weighted by Crippen LogP contribution is 2.34. The van der Waals surface area contributed by atoms with Crippen LogP contribution in [0.4, 0.5) is 15.5 Å². The number of urea groups is 1. The summed E-state index contributed by atoms with van der Waals surface area (Å²) in [6.07, 6.45) is 0. The molecule has 0 unspecified atom stereocenters. The second-order valence-electron chi connectivity index (χ2n) is 5.06. The number of esters is 2. The molecular formula is C17H17ClN2O5S. The predicted molar refractivity (Wildman–Crippen MR) is 100 cm³/mol. The van der Waals surface area contributed by atoms with Gasteiger partial charge in [0.15, 0.2) is 0 Å². The molecule has 0 saturated heterocycles. The average Bonchev–Trinajstić information content (AvgIpc) is 2.90. The third-order valence-electron chi connectivity index (χ3n) is 3.31. The van der Waals surface area contributed by atoms with Crippen LogP contribution in [0.3, 0.4) is 0 Å². The fourth-order valence-corrected chi connectivity index (χ4v) is 3.47. The number of hydrogen-bond donors (Lipinski definition) is 2. The Labute approximate surface area is 159 Å². The molecule has 2 rings (SSSR count). The van der Waals surface area contributed by atoms with Crippen molar-refractivity contribution in [3.05, 3.63) is 45.3 Å². The standard InChI is InChI=1S/C17H17ClN2O5S/c1-4-25-15(21)12-9(2)13(16(22)24-3)26-14(12)20-17(23)19-11-7-5-6-10(18)8-11/h5-8H,4H2,1-3H3,(H2,19,20,23). The summed E-state index contributed by atoms with van der Waals surface area (Å²) in [5.74, 6) is -1.23. The highest BCUT2D eigenvalue weighted by Gasteiger charge is 2.27. The van der Waals surface area contributed by atoms with Crippen LogP contribution in [0.25, 0.3) is 0 Å². The number of halogens is 1. The summed E-state index contributed by atoms with van der Waals surface area (Å²) in [6, 6.07) is 6.02. The van der Waals surface area contributed by atoms with Crippen LogP contribution in [0.2, 0.25) is 5.02 Å². The van der Waals surface area contributed by atoms with E-state index in [1.807, 2.05) is 0 Å². The zero-order chi connectivity index (χ0) is 19.3. The molecule has 9 heteroatoms. The number of benzene rings is 1. The van der Waals surface area contributed by atoms with Crippen molar-refractivity contribution in [1.29, 1.82) is 0 Å². The minimum atomic E-state index is -0.630. The molecule has 0 radical (unpaired) electrons. The summed E-state index contributed by atoms with van der Waals surface area (Å²) in [6.45, 7) is 3.42. The topological polar surface area (TPSA) is 93.7 Å². The minimum absolute atomic E-state index is 0.124. The van der Waals surface area contributed by atoms with Gasteiger partial charge in [-0.25, -0.2) is 14.4 Å². The first-order valence-corrected chi connectivity index (χ1v) is 8.79. The smallest absolute Gasteiger partial charge is 0.348 e. The fraction of sp³-hybridized carbons (Fsp3) is 0.235. The van der Waals surface area contributed by atoms with Crippen molar-refractivity contribution in [3.8, 4) is 0 Å². The maximum absolute atomic E-state index is 12.3. The Morgan fingerprint density at radius 3 is 2.54 bits per heavy atom. The molecule has 26 heavy (non-hydrogen) atoms. The molecule has 1 heterocycles. The van der Waals surface area contributed by atoms with E-state index in [4.69, 9.17) is 21.1 Å². The number of anilines is 2. The van der Waals surface area contributed by atoms with Gasteiger partial charge < -0.3 is 14.8 Å². The number of nitrogens with one attached hydrogen (secondary N) is 2. The molecule has 0 atom stereocenters. The van der Waals surface area contributed by atoms with Crippen LogP contribution in [0.15, 0.2) is 24.3 Å². The molecule has 7 nitrogen and oxygen atoms in total. The molecule has 0 spiro atoms. The lowest BCUT2D eigenvalue weighted by Gasteiger charge is -2.08. The molecular weight excluding hydrogens is 380 g/mol. The molecule has 0 saturated carbocycles. The van der Waals surface area contributed by atoms with Gasteiger partial charge in [0.05, 0.1) is 19.3 Å². The molecule has 0 aliphatic carbocycles. The van der Waals surface area contributed by atoms with Crippen LogP contribution >= 0.6 is 22.9 Å². The lowest BCUT2D eigenvalue weighted by atomic mass is 10.1. The second kappa shape index (κ2) is 8.68. The van der Waals surface area contributed by atoms with Gasteiger partial charge >= 0.3 is 18.0 Å². The molecule has 2 aromatic rings. The molecule has 1 aromatic carbocycles. The number of methoxy groups -OCH3 is 1. The van der Waals surface area contributed by atoms with E-state index in [1.165, 1.54) is 7.11 Å². The largest absolute Gasteiger partial charge is 0.465 e. The third-order valence-corrected chi connectivity index (χ3v) is 4.73. The van der Waals surface area contributed by atoms with Crippen molar-refractivity contribution < 1.29 is 23.9 Å². The van der Waals surface area contributed by atoms with E-state index in [-0.39, 0.29) is 22.0 Å². The van der Waals surface area contributed by atoms with Gasteiger partial charge in [-0.1, -0.05) is 17.7 Å². The molecule has 0 aliphatic rings. The van der Waals surface area contributed by atoms with Crippen molar-refractivity contribution in [2.24, 2.45) is 0 Å². The Balaban J connectivity index is 2.30. The monoisotopic (exact) mass is 396 g/mol. The zero-order valence-corrected chi connectivity index (χ0v) is 15.9. The lowest BCUT2D eigenvalue weighted by Crippen LogP contribution is -2.20. The molecule has 2 amide bonds.